The van der Waals surface area contributed by atoms with E-state index in [1.54, 1.807) is 12.3 Å². The summed E-state index contributed by atoms with van der Waals surface area (Å²) in [7, 11) is 0. The molecule has 0 aliphatic heterocycles. The first-order valence-electron chi connectivity index (χ1n) is 6.53. The van der Waals surface area contributed by atoms with Crippen LogP contribution in [0, 0.1) is 0 Å². The number of halogens is 1. The van der Waals surface area contributed by atoms with E-state index in [0.29, 0.717) is 22.3 Å². The van der Waals surface area contributed by atoms with Gasteiger partial charge in [-0.05, 0) is 29.8 Å². The molecule has 0 amide bonds. The maximum Gasteiger partial charge on any atom is 0.223 e. The predicted octanol–water partition coefficient (Wildman–Crippen LogP) is 4.11. The van der Waals surface area contributed by atoms with Crippen molar-refractivity contribution < 1.29 is 4.74 Å². The molecule has 2 heterocycles. The van der Waals surface area contributed by atoms with Gasteiger partial charge in [-0.2, -0.15) is 10.1 Å². The molecule has 0 spiro atoms. The van der Waals surface area contributed by atoms with Gasteiger partial charge in [0.1, 0.15) is 10.4 Å². The van der Waals surface area contributed by atoms with Crippen LogP contribution >= 0.6 is 15.9 Å². The van der Waals surface area contributed by atoms with Crippen molar-refractivity contribution in [2.45, 2.75) is 46.1 Å². The van der Waals surface area contributed by atoms with Gasteiger partial charge in [-0.15, -0.1) is 0 Å². The monoisotopic (exact) mass is 338 g/mol. The van der Waals surface area contributed by atoms with Crippen molar-refractivity contribution in [3.05, 3.63) is 28.9 Å². The second-order valence-corrected chi connectivity index (χ2v) is 6.77. The van der Waals surface area contributed by atoms with E-state index in [1.807, 2.05) is 10.9 Å². The Morgan fingerprint density at radius 1 is 1.25 bits per heavy atom. The molecule has 2 aromatic rings. The summed E-state index contributed by atoms with van der Waals surface area (Å²) in [6.07, 6.45) is 3.55. The van der Waals surface area contributed by atoms with Crippen molar-refractivity contribution in [1.82, 2.24) is 19.7 Å². The molecular formula is C14H19BrN4O. The second kappa shape index (κ2) is 5.52. The van der Waals surface area contributed by atoms with Crippen molar-refractivity contribution in [2.75, 3.05) is 0 Å². The number of aromatic nitrogens is 4. The molecule has 0 radical (unpaired) electrons. The first kappa shape index (κ1) is 15.0. The topological polar surface area (TPSA) is 52.8 Å². The van der Waals surface area contributed by atoms with Crippen LogP contribution in [0.25, 0.3) is 0 Å². The van der Waals surface area contributed by atoms with Crippen molar-refractivity contribution in [3.63, 3.8) is 0 Å². The first-order valence-corrected chi connectivity index (χ1v) is 7.32. The third-order valence-corrected chi connectivity index (χ3v) is 3.08. The Balaban J connectivity index is 2.26. The summed E-state index contributed by atoms with van der Waals surface area (Å²) < 4.78 is 8.32. The summed E-state index contributed by atoms with van der Waals surface area (Å²) >= 11 is 3.40. The van der Waals surface area contributed by atoms with Crippen molar-refractivity contribution in [3.8, 4) is 11.6 Å². The SMILES string of the molecule is CC(C)n1cc(Oc2cc(Br)nc(C(C)(C)C)n2)cn1. The van der Waals surface area contributed by atoms with Crippen LogP contribution in [0.3, 0.4) is 0 Å². The Hall–Kier alpha value is -1.43. The van der Waals surface area contributed by atoms with E-state index in [2.05, 4.69) is 65.6 Å². The smallest absolute Gasteiger partial charge is 0.223 e. The molecule has 0 atom stereocenters. The summed E-state index contributed by atoms with van der Waals surface area (Å²) in [5.74, 6) is 1.92. The maximum absolute atomic E-state index is 5.76. The molecule has 108 valence electrons. The molecule has 6 heteroatoms. The van der Waals surface area contributed by atoms with Gasteiger partial charge in [0.2, 0.25) is 5.88 Å². The molecule has 0 N–H and O–H groups in total. The molecule has 0 saturated carbocycles. The van der Waals surface area contributed by atoms with Crippen LogP contribution in [0.4, 0.5) is 0 Å². The first-order chi connectivity index (χ1) is 9.25. The van der Waals surface area contributed by atoms with Gasteiger partial charge in [-0.25, -0.2) is 4.98 Å². The fraction of sp³-hybridized carbons (Fsp3) is 0.500. The Labute approximate surface area is 127 Å². The van der Waals surface area contributed by atoms with Crippen molar-refractivity contribution in [1.29, 1.82) is 0 Å². The molecule has 0 bridgehead atoms. The highest BCUT2D eigenvalue weighted by molar-refractivity contribution is 9.10. The number of hydrogen-bond donors (Lipinski definition) is 0. The molecule has 20 heavy (non-hydrogen) atoms. The fourth-order valence-corrected chi connectivity index (χ4v) is 1.92. The molecule has 0 aliphatic carbocycles. The minimum absolute atomic E-state index is 0.135. The standard InChI is InChI=1S/C14H19BrN4O/c1-9(2)19-8-10(7-16-19)20-12-6-11(15)17-13(18-12)14(3,4)5/h6-9H,1-5H3. The maximum atomic E-state index is 5.76. The molecule has 2 rings (SSSR count). The Kier molecular flexibility index (Phi) is 4.13. The lowest BCUT2D eigenvalue weighted by atomic mass is 9.96. The zero-order chi connectivity index (χ0) is 14.9. The Morgan fingerprint density at radius 2 is 1.95 bits per heavy atom. The lowest BCUT2D eigenvalue weighted by Crippen LogP contribution is -2.16. The van der Waals surface area contributed by atoms with Crippen molar-refractivity contribution >= 4 is 15.9 Å². The van der Waals surface area contributed by atoms with Crippen LogP contribution in [0.2, 0.25) is 0 Å². The second-order valence-electron chi connectivity index (χ2n) is 5.95. The fourth-order valence-electron chi connectivity index (χ4n) is 1.56. The zero-order valence-corrected chi connectivity index (χ0v) is 14.0. The van der Waals surface area contributed by atoms with Gasteiger partial charge < -0.3 is 4.74 Å². The third-order valence-electron chi connectivity index (χ3n) is 2.67. The number of nitrogens with zero attached hydrogens (tertiary/aromatic N) is 4. The highest BCUT2D eigenvalue weighted by Gasteiger charge is 2.19. The minimum Gasteiger partial charge on any atom is -0.436 e. The van der Waals surface area contributed by atoms with Gasteiger partial charge in [0.25, 0.3) is 0 Å². The summed E-state index contributed by atoms with van der Waals surface area (Å²) in [6, 6.07) is 2.05. The average molecular weight is 339 g/mol. The molecule has 0 saturated heterocycles. The van der Waals surface area contributed by atoms with E-state index in [-0.39, 0.29) is 5.41 Å². The van der Waals surface area contributed by atoms with Crippen LogP contribution in [-0.2, 0) is 5.41 Å². The van der Waals surface area contributed by atoms with Gasteiger partial charge >= 0.3 is 0 Å². The van der Waals surface area contributed by atoms with E-state index < -0.39 is 0 Å². The largest absolute Gasteiger partial charge is 0.436 e. The van der Waals surface area contributed by atoms with E-state index in [9.17, 15) is 0 Å². The number of ether oxygens (including phenoxy) is 1. The van der Waals surface area contributed by atoms with E-state index in [0.717, 1.165) is 5.82 Å². The lowest BCUT2D eigenvalue weighted by molar-refractivity contribution is 0.442. The van der Waals surface area contributed by atoms with Gasteiger partial charge in [-0.3, -0.25) is 4.68 Å². The lowest BCUT2D eigenvalue weighted by Gasteiger charge is -2.17. The molecule has 0 aliphatic rings. The van der Waals surface area contributed by atoms with E-state index >= 15 is 0 Å². The summed E-state index contributed by atoms with van der Waals surface area (Å²) in [4.78, 5) is 8.84. The Morgan fingerprint density at radius 3 is 2.50 bits per heavy atom. The third kappa shape index (κ3) is 3.56. The van der Waals surface area contributed by atoms with Gasteiger partial charge in [0.05, 0.1) is 12.4 Å². The van der Waals surface area contributed by atoms with E-state index in [1.165, 1.54) is 0 Å². The minimum atomic E-state index is -0.135. The highest BCUT2D eigenvalue weighted by atomic mass is 79.9. The summed E-state index contributed by atoms with van der Waals surface area (Å²) in [5.41, 5.74) is -0.135. The number of rotatable bonds is 3. The van der Waals surface area contributed by atoms with Gasteiger partial charge in [-0.1, -0.05) is 20.8 Å². The highest BCUT2D eigenvalue weighted by Crippen LogP contribution is 2.26. The molecule has 0 fully saturated rings. The summed E-state index contributed by atoms with van der Waals surface area (Å²) in [6.45, 7) is 10.3. The number of hydrogen-bond acceptors (Lipinski definition) is 4. The van der Waals surface area contributed by atoms with Crippen LogP contribution in [-0.4, -0.2) is 19.7 Å². The normalized spacial score (nSPS) is 11.9. The molecule has 2 aromatic heterocycles. The molecule has 0 unspecified atom stereocenters. The zero-order valence-electron chi connectivity index (χ0n) is 12.4. The van der Waals surface area contributed by atoms with Gasteiger partial charge in [0, 0.05) is 17.5 Å². The Bertz CT molecular complexity index is 601. The average Bonchev–Trinajstić information content (AvgIpc) is 2.75. The quantitative estimate of drug-likeness (QED) is 0.790. The van der Waals surface area contributed by atoms with Crippen LogP contribution in [0.5, 0.6) is 11.6 Å². The van der Waals surface area contributed by atoms with Crippen molar-refractivity contribution in [2.24, 2.45) is 0 Å². The van der Waals surface area contributed by atoms with Crippen LogP contribution in [0.15, 0.2) is 23.1 Å². The molecule has 5 nitrogen and oxygen atoms in total. The summed E-state index contributed by atoms with van der Waals surface area (Å²) in [5, 5.41) is 4.24. The molecular weight excluding hydrogens is 320 g/mol. The van der Waals surface area contributed by atoms with E-state index in [4.69, 9.17) is 4.74 Å². The van der Waals surface area contributed by atoms with Gasteiger partial charge in [0.15, 0.2) is 5.75 Å². The predicted molar refractivity (Wildman–Crippen MR) is 81.1 cm³/mol. The van der Waals surface area contributed by atoms with Crippen LogP contribution in [0.1, 0.15) is 46.5 Å². The molecule has 0 aromatic carbocycles. The van der Waals surface area contributed by atoms with Crippen LogP contribution < -0.4 is 4.74 Å².